The average Bonchev–Trinajstić information content (AvgIpc) is 2.42. The number of terminal acetylenes is 1. The van der Waals surface area contributed by atoms with E-state index in [2.05, 4.69) is 17.8 Å². The molecule has 106 valence electrons. The van der Waals surface area contributed by atoms with Gasteiger partial charge in [-0.1, -0.05) is 35.5 Å². The van der Waals surface area contributed by atoms with E-state index in [1.165, 1.54) is 4.31 Å². The molecule has 0 aliphatic rings. The topological polar surface area (TPSA) is 57.6 Å². The van der Waals surface area contributed by atoms with Crippen molar-refractivity contribution in [1.82, 2.24) is 4.31 Å². The van der Waals surface area contributed by atoms with Crippen LogP contribution in [0.15, 0.2) is 29.2 Å². The lowest BCUT2D eigenvalue weighted by atomic mass is 10.2. The summed E-state index contributed by atoms with van der Waals surface area (Å²) < 4.78 is 26.1. The largest absolute Gasteiger partial charge is 0.384 e. The van der Waals surface area contributed by atoms with Crippen molar-refractivity contribution in [2.75, 3.05) is 19.7 Å². The van der Waals surface area contributed by atoms with Crippen LogP contribution in [0.2, 0.25) is 0 Å². The molecule has 0 heterocycles. The fraction of sp³-hybridized carbons (Fsp3) is 0.333. The quantitative estimate of drug-likeness (QED) is 0.824. The van der Waals surface area contributed by atoms with Gasteiger partial charge in [-0.25, -0.2) is 8.42 Å². The summed E-state index contributed by atoms with van der Waals surface area (Å²) in [5.41, 5.74) is 0.987. The number of aliphatic hydroxyl groups is 1. The number of rotatable bonds is 5. The number of hydrogen-bond donors (Lipinski definition) is 1. The highest BCUT2D eigenvalue weighted by Crippen LogP contribution is 2.16. The first-order chi connectivity index (χ1) is 9.52. The second kappa shape index (κ2) is 7.72. The summed E-state index contributed by atoms with van der Waals surface area (Å²) in [4.78, 5) is 0.216. The molecular weight excluding hydrogens is 274 g/mol. The van der Waals surface area contributed by atoms with Gasteiger partial charge in [0.1, 0.15) is 6.61 Å². The van der Waals surface area contributed by atoms with Gasteiger partial charge in [-0.2, -0.15) is 4.31 Å². The van der Waals surface area contributed by atoms with Crippen LogP contribution in [0.4, 0.5) is 0 Å². The van der Waals surface area contributed by atoms with Crippen molar-refractivity contribution in [2.45, 2.75) is 18.2 Å². The van der Waals surface area contributed by atoms with E-state index in [4.69, 9.17) is 11.5 Å². The monoisotopic (exact) mass is 291 g/mol. The maximum absolute atomic E-state index is 12.4. The average molecular weight is 291 g/mol. The van der Waals surface area contributed by atoms with Crippen molar-refractivity contribution >= 4 is 10.0 Å². The summed E-state index contributed by atoms with van der Waals surface area (Å²) in [6.45, 7) is 1.85. The van der Waals surface area contributed by atoms with Crippen LogP contribution in [-0.2, 0) is 10.0 Å². The predicted octanol–water partition coefficient (Wildman–Crippen LogP) is 1.00. The van der Waals surface area contributed by atoms with E-state index in [9.17, 15) is 8.42 Å². The second-order valence-electron chi connectivity index (χ2n) is 4.12. The molecule has 4 nitrogen and oxygen atoms in total. The summed E-state index contributed by atoms with van der Waals surface area (Å²) in [6.07, 6.45) is 5.55. The van der Waals surface area contributed by atoms with Gasteiger partial charge < -0.3 is 5.11 Å². The Bertz CT molecular complexity index is 630. The molecule has 1 rings (SSSR count). The molecule has 1 aromatic rings. The fourth-order valence-corrected chi connectivity index (χ4v) is 2.92. The fourth-order valence-electron chi connectivity index (χ4n) is 1.57. The maximum atomic E-state index is 12.4. The van der Waals surface area contributed by atoms with E-state index in [-0.39, 0.29) is 24.6 Å². The third-order valence-corrected chi connectivity index (χ3v) is 4.48. The van der Waals surface area contributed by atoms with E-state index < -0.39 is 10.0 Å². The Hall–Kier alpha value is -1.79. The van der Waals surface area contributed by atoms with Gasteiger partial charge in [0.15, 0.2) is 0 Å². The van der Waals surface area contributed by atoms with Crippen LogP contribution < -0.4 is 0 Å². The van der Waals surface area contributed by atoms with Gasteiger partial charge in [-0.15, -0.1) is 6.42 Å². The molecule has 0 aliphatic heterocycles. The standard InChI is InChI=1S/C15H17NO3S/c1-3-11-16(12-5-4-6-13-17)20(18,19)15-9-7-14(2)8-10-15/h1,7-10,17H,5,11-13H2,2H3. The Kier molecular flexibility index (Phi) is 6.27. The first kappa shape index (κ1) is 16.3. The van der Waals surface area contributed by atoms with Crippen LogP contribution in [0.3, 0.4) is 0 Å². The normalized spacial score (nSPS) is 10.7. The van der Waals surface area contributed by atoms with Crippen molar-refractivity contribution < 1.29 is 13.5 Å². The molecule has 0 unspecified atom stereocenters. The molecule has 0 fully saturated rings. The van der Waals surface area contributed by atoms with Crippen molar-refractivity contribution in [1.29, 1.82) is 0 Å². The van der Waals surface area contributed by atoms with Gasteiger partial charge in [-0.3, -0.25) is 0 Å². The molecule has 0 aliphatic carbocycles. The molecule has 1 N–H and O–H groups in total. The summed E-state index contributed by atoms with van der Waals surface area (Å²) in [5, 5.41) is 8.56. The highest BCUT2D eigenvalue weighted by molar-refractivity contribution is 7.89. The van der Waals surface area contributed by atoms with Gasteiger partial charge in [-0.05, 0) is 19.1 Å². The summed E-state index contributed by atoms with van der Waals surface area (Å²) in [7, 11) is -3.61. The Morgan fingerprint density at radius 1 is 1.25 bits per heavy atom. The molecular formula is C15H17NO3S. The Morgan fingerprint density at radius 2 is 1.90 bits per heavy atom. The highest BCUT2D eigenvalue weighted by Gasteiger charge is 2.22. The van der Waals surface area contributed by atoms with E-state index in [0.29, 0.717) is 6.42 Å². The molecule has 0 saturated carbocycles. The summed E-state index contributed by atoms with van der Waals surface area (Å²) in [5.74, 6) is 7.50. The molecule has 20 heavy (non-hydrogen) atoms. The van der Waals surface area contributed by atoms with Crippen LogP contribution >= 0.6 is 0 Å². The molecule has 5 heteroatoms. The number of aliphatic hydroxyl groups excluding tert-OH is 1. The molecule has 0 aromatic heterocycles. The van der Waals surface area contributed by atoms with Crippen molar-refractivity contribution in [3.8, 4) is 24.2 Å². The van der Waals surface area contributed by atoms with E-state index in [0.717, 1.165) is 5.56 Å². The lowest BCUT2D eigenvalue weighted by Crippen LogP contribution is -2.32. The molecule has 0 atom stereocenters. The minimum absolute atomic E-state index is 0.00296. The molecule has 0 saturated heterocycles. The number of nitrogens with zero attached hydrogens (tertiary/aromatic N) is 1. The lowest BCUT2D eigenvalue weighted by Gasteiger charge is -2.18. The zero-order chi connectivity index (χ0) is 15.0. The van der Waals surface area contributed by atoms with Crippen LogP contribution in [0.5, 0.6) is 0 Å². The van der Waals surface area contributed by atoms with Gasteiger partial charge in [0, 0.05) is 13.0 Å². The Morgan fingerprint density at radius 3 is 2.45 bits per heavy atom. The zero-order valence-corrected chi connectivity index (χ0v) is 12.2. The predicted molar refractivity (Wildman–Crippen MR) is 78.2 cm³/mol. The smallest absolute Gasteiger partial charge is 0.243 e. The minimum atomic E-state index is -3.61. The van der Waals surface area contributed by atoms with E-state index in [1.807, 2.05) is 6.92 Å². The van der Waals surface area contributed by atoms with Gasteiger partial charge in [0.25, 0.3) is 0 Å². The van der Waals surface area contributed by atoms with Gasteiger partial charge in [0.2, 0.25) is 10.0 Å². The van der Waals surface area contributed by atoms with E-state index >= 15 is 0 Å². The SMILES string of the molecule is C#CCN(CCC#CCO)S(=O)(=O)c1ccc(C)cc1. The molecule has 1 aromatic carbocycles. The summed E-state index contributed by atoms with van der Waals surface area (Å²) in [6, 6.07) is 6.61. The number of aryl methyl sites for hydroxylation is 1. The van der Waals surface area contributed by atoms with Crippen LogP contribution in [-0.4, -0.2) is 37.5 Å². The highest BCUT2D eigenvalue weighted by atomic mass is 32.2. The Labute approximate surface area is 120 Å². The number of hydrogen-bond acceptors (Lipinski definition) is 3. The van der Waals surface area contributed by atoms with Crippen LogP contribution in [0.25, 0.3) is 0 Å². The minimum Gasteiger partial charge on any atom is -0.384 e. The van der Waals surface area contributed by atoms with Crippen LogP contribution in [0.1, 0.15) is 12.0 Å². The number of sulfonamides is 1. The van der Waals surface area contributed by atoms with E-state index in [1.54, 1.807) is 24.3 Å². The molecule has 0 spiro atoms. The second-order valence-corrected chi connectivity index (χ2v) is 6.06. The Balaban J connectivity index is 2.94. The van der Waals surface area contributed by atoms with Gasteiger partial charge in [0.05, 0.1) is 11.4 Å². The van der Waals surface area contributed by atoms with Crippen LogP contribution in [0, 0.1) is 31.1 Å². The molecule has 0 bridgehead atoms. The van der Waals surface area contributed by atoms with Crippen molar-refractivity contribution in [2.24, 2.45) is 0 Å². The summed E-state index contributed by atoms with van der Waals surface area (Å²) >= 11 is 0. The van der Waals surface area contributed by atoms with Crippen molar-refractivity contribution in [3.05, 3.63) is 29.8 Å². The van der Waals surface area contributed by atoms with Crippen molar-refractivity contribution in [3.63, 3.8) is 0 Å². The molecule has 0 amide bonds. The third-order valence-electron chi connectivity index (χ3n) is 2.62. The maximum Gasteiger partial charge on any atom is 0.243 e. The zero-order valence-electron chi connectivity index (χ0n) is 11.3. The first-order valence-corrected chi connectivity index (χ1v) is 7.53. The third kappa shape index (κ3) is 4.40. The van der Waals surface area contributed by atoms with Gasteiger partial charge >= 0.3 is 0 Å². The lowest BCUT2D eigenvalue weighted by molar-refractivity contribution is 0.350. The molecule has 0 radical (unpaired) electrons. The number of benzene rings is 1. The first-order valence-electron chi connectivity index (χ1n) is 6.09.